The Bertz CT molecular complexity index is 753. The maximum absolute atomic E-state index is 12.2. The number of carbonyl (C=O) groups is 1. The molecule has 118 valence electrons. The van der Waals surface area contributed by atoms with E-state index < -0.39 is 9.84 Å². The van der Waals surface area contributed by atoms with Crippen molar-refractivity contribution in [1.29, 1.82) is 0 Å². The van der Waals surface area contributed by atoms with Gasteiger partial charge in [-0.25, -0.2) is 13.4 Å². The summed E-state index contributed by atoms with van der Waals surface area (Å²) >= 11 is 6.11. The van der Waals surface area contributed by atoms with E-state index in [2.05, 4.69) is 4.99 Å². The van der Waals surface area contributed by atoms with Crippen LogP contribution in [0.4, 0.5) is 0 Å². The van der Waals surface area contributed by atoms with E-state index in [1.54, 1.807) is 0 Å². The van der Waals surface area contributed by atoms with Gasteiger partial charge in [0.05, 0.1) is 15.2 Å². The number of ketones is 1. The molecule has 1 atom stereocenters. The summed E-state index contributed by atoms with van der Waals surface area (Å²) in [7, 11) is -3.29. The summed E-state index contributed by atoms with van der Waals surface area (Å²) in [6.45, 7) is 2.36. The third-order valence-corrected chi connectivity index (χ3v) is 6.43. The highest BCUT2D eigenvalue weighted by molar-refractivity contribution is 7.92. The predicted molar refractivity (Wildman–Crippen MR) is 83.4 cm³/mol. The first-order chi connectivity index (χ1) is 10.4. The number of aliphatic imine (C=N–C) groups is 1. The molecule has 1 fully saturated rings. The number of halogens is 1. The average molecular weight is 342 g/mol. The highest BCUT2D eigenvalue weighted by Crippen LogP contribution is 2.36. The first-order valence-corrected chi connectivity index (χ1v) is 9.12. The number of Topliss-reactive ketones (excluding diaryl/α,β-unsaturated/α-hetero) is 1. The fourth-order valence-corrected chi connectivity index (χ4v) is 4.24. The molecule has 0 radical (unpaired) electrons. The highest BCUT2D eigenvalue weighted by atomic mass is 35.5. The second-order valence-electron chi connectivity index (χ2n) is 5.68. The van der Waals surface area contributed by atoms with Gasteiger partial charge in [0.25, 0.3) is 5.90 Å². The van der Waals surface area contributed by atoms with E-state index in [-0.39, 0.29) is 38.5 Å². The van der Waals surface area contributed by atoms with Crippen molar-refractivity contribution in [2.45, 2.75) is 36.3 Å². The third kappa shape index (κ3) is 2.90. The summed E-state index contributed by atoms with van der Waals surface area (Å²) in [6.07, 6.45) is 2.10. The lowest BCUT2D eigenvalue weighted by atomic mass is 10.0. The van der Waals surface area contributed by atoms with Crippen molar-refractivity contribution < 1.29 is 17.9 Å². The normalized spacial score (nSPS) is 22.4. The Hall–Kier alpha value is -1.40. The minimum atomic E-state index is -3.29. The lowest BCUT2D eigenvalue weighted by Crippen LogP contribution is -2.31. The number of hydrogen-bond donors (Lipinski definition) is 0. The minimum Gasteiger partial charge on any atom is -0.435 e. The molecule has 0 amide bonds. The van der Waals surface area contributed by atoms with Gasteiger partial charge in [0.2, 0.25) is 5.78 Å². The molecule has 5 nitrogen and oxygen atoms in total. The van der Waals surface area contributed by atoms with Crippen molar-refractivity contribution in [1.82, 2.24) is 0 Å². The molecule has 1 saturated carbocycles. The molecule has 1 aliphatic heterocycles. The quantitative estimate of drug-likeness (QED) is 0.847. The fourth-order valence-electron chi connectivity index (χ4n) is 2.28. The second-order valence-corrected chi connectivity index (χ2v) is 8.31. The van der Waals surface area contributed by atoms with Crippen LogP contribution in [0.15, 0.2) is 28.1 Å². The fraction of sp³-hybridized carbons (Fsp3) is 0.467. The van der Waals surface area contributed by atoms with E-state index in [4.69, 9.17) is 16.3 Å². The molecule has 0 spiro atoms. The number of hydrogen-bond acceptors (Lipinski definition) is 5. The van der Waals surface area contributed by atoms with Crippen LogP contribution in [0.5, 0.6) is 5.75 Å². The van der Waals surface area contributed by atoms with Crippen molar-refractivity contribution in [3.63, 3.8) is 0 Å². The van der Waals surface area contributed by atoms with Gasteiger partial charge in [-0.3, -0.25) is 4.79 Å². The Balaban J connectivity index is 1.84. The van der Waals surface area contributed by atoms with E-state index in [0.29, 0.717) is 25.8 Å². The lowest BCUT2D eigenvalue weighted by molar-refractivity contribution is -0.117. The maximum Gasteiger partial charge on any atom is 0.259 e. The lowest BCUT2D eigenvalue weighted by Gasteiger charge is -2.17. The largest absolute Gasteiger partial charge is 0.435 e. The van der Waals surface area contributed by atoms with Gasteiger partial charge in [-0.15, -0.1) is 0 Å². The Labute approximate surface area is 134 Å². The van der Waals surface area contributed by atoms with E-state index in [1.807, 2.05) is 6.92 Å². The summed E-state index contributed by atoms with van der Waals surface area (Å²) < 4.78 is 29.8. The monoisotopic (exact) mass is 341 g/mol. The van der Waals surface area contributed by atoms with Gasteiger partial charge >= 0.3 is 0 Å². The van der Waals surface area contributed by atoms with Crippen LogP contribution in [0.2, 0.25) is 5.02 Å². The third-order valence-electron chi connectivity index (χ3n) is 3.88. The molecule has 0 saturated heterocycles. The Kier molecular flexibility index (Phi) is 3.99. The summed E-state index contributed by atoms with van der Waals surface area (Å²) in [5.74, 6) is 0.00820. The maximum atomic E-state index is 12.2. The molecule has 3 rings (SSSR count). The predicted octanol–water partition coefficient (Wildman–Crippen LogP) is 2.66. The van der Waals surface area contributed by atoms with Gasteiger partial charge in [-0.1, -0.05) is 18.5 Å². The van der Waals surface area contributed by atoms with Crippen LogP contribution in [-0.2, 0) is 14.6 Å². The first kappa shape index (κ1) is 15.5. The molecule has 1 aromatic rings. The number of carbonyl (C=O) groups excluding carboxylic acids is 1. The van der Waals surface area contributed by atoms with Gasteiger partial charge in [-0.2, -0.15) is 0 Å². The Morgan fingerprint density at radius 1 is 1.27 bits per heavy atom. The number of benzene rings is 1. The summed E-state index contributed by atoms with van der Waals surface area (Å²) in [6, 6.07) is 4.32. The summed E-state index contributed by atoms with van der Waals surface area (Å²) in [5, 5.41) is -0.129. The van der Waals surface area contributed by atoms with Crippen LogP contribution in [0.3, 0.4) is 0 Å². The zero-order valence-electron chi connectivity index (χ0n) is 12.1. The van der Waals surface area contributed by atoms with E-state index in [0.717, 1.165) is 0 Å². The standard InChI is InChI=1S/C15H16ClNO4S/c1-9-6-7-17-15(14(9)18)21-13-5-4-11(8-12(13)16)22(19,20)10-2-3-10/h4-5,8-10H,2-3,6-7H2,1H3. The molecule has 7 heteroatoms. The van der Waals surface area contributed by atoms with Crippen molar-refractivity contribution in [3.05, 3.63) is 23.2 Å². The van der Waals surface area contributed by atoms with Crippen LogP contribution >= 0.6 is 11.6 Å². The van der Waals surface area contributed by atoms with Crippen molar-refractivity contribution >= 4 is 33.1 Å². The van der Waals surface area contributed by atoms with Gasteiger partial charge in [0.15, 0.2) is 9.84 Å². The summed E-state index contributed by atoms with van der Waals surface area (Å²) in [5.41, 5.74) is 0. The summed E-state index contributed by atoms with van der Waals surface area (Å²) in [4.78, 5) is 16.2. The van der Waals surface area contributed by atoms with Gasteiger partial charge < -0.3 is 4.74 Å². The SMILES string of the molecule is CC1CCN=C(Oc2ccc(S(=O)(=O)C3CC3)cc2Cl)C1=O. The Morgan fingerprint density at radius 3 is 2.64 bits per heavy atom. The number of rotatable bonds is 3. The molecule has 1 aliphatic carbocycles. The molecule has 1 heterocycles. The molecule has 2 aliphatic rings. The molecule has 0 bridgehead atoms. The van der Waals surface area contributed by atoms with Crippen LogP contribution in [-0.4, -0.2) is 31.9 Å². The zero-order valence-corrected chi connectivity index (χ0v) is 13.7. The van der Waals surface area contributed by atoms with E-state index in [9.17, 15) is 13.2 Å². The van der Waals surface area contributed by atoms with Gasteiger partial charge in [-0.05, 0) is 37.5 Å². The van der Waals surface area contributed by atoms with Crippen LogP contribution in [0.25, 0.3) is 0 Å². The molecular formula is C15H16ClNO4S. The smallest absolute Gasteiger partial charge is 0.259 e. The molecule has 0 N–H and O–H groups in total. The van der Waals surface area contributed by atoms with Gasteiger partial charge in [0.1, 0.15) is 5.75 Å². The first-order valence-electron chi connectivity index (χ1n) is 7.19. The van der Waals surface area contributed by atoms with Crippen molar-refractivity contribution in [2.75, 3.05) is 6.54 Å². The van der Waals surface area contributed by atoms with Crippen LogP contribution < -0.4 is 4.74 Å². The average Bonchev–Trinajstić information content (AvgIpc) is 3.30. The molecule has 1 unspecified atom stereocenters. The van der Waals surface area contributed by atoms with E-state index in [1.165, 1.54) is 18.2 Å². The Morgan fingerprint density at radius 2 is 2.00 bits per heavy atom. The van der Waals surface area contributed by atoms with Crippen molar-refractivity contribution in [3.8, 4) is 5.75 Å². The van der Waals surface area contributed by atoms with Gasteiger partial charge in [0, 0.05) is 12.5 Å². The number of ether oxygens (including phenoxy) is 1. The van der Waals surface area contributed by atoms with Crippen LogP contribution in [0.1, 0.15) is 26.2 Å². The molecular weight excluding hydrogens is 326 g/mol. The number of sulfone groups is 1. The van der Waals surface area contributed by atoms with Crippen LogP contribution in [0, 0.1) is 5.92 Å². The van der Waals surface area contributed by atoms with E-state index >= 15 is 0 Å². The number of nitrogens with zero attached hydrogens (tertiary/aromatic N) is 1. The molecule has 0 aromatic heterocycles. The topological polar surface area (TPSA) is 72.8 Å². The zero-order chi connectivity index (χ0) is 15.9. The highest BCUT2D eigenvalue weighted by Gasteiger charge is 2.37. The molecule has 1 aromatic carbocycles. The second kappa shape index (κ2) is 5.66. The molecule has 22 heavy (non-hydrogen) atoms. The minimum absolute atomic E-state index is 0.0402. The van der Waals surface area contributed by atoms with Crippen molar-refractivity contribution in [2.24, 2.45) is 10.9 Å².